The summed E-state index contributed by atoms with van der Waals surface area (Å²) in [6.45, 7) is 4.17. The van der Waals surface area contributed by atoms with Crippen molar-refractivity contribution in [2.75, 3.05) is 16.7 Å². The van der Waals surface area contributed by atoms with Crippen LogP contribution in [0.25, 0.3) is 22.6 Å². The van der Waals surface area contributed by atoms with E-state index in [0.29, 0.717) is 48.3 Å². The summed E-state index contributed by atoms with van der Waals surface area (Å²) in [5.41, 5.74) is 3.48. The molecule has 0 aromatic carbocycles. The number of furan rings is 1. The smallest absolute Gasteiger partial charge is 0.234 e. The summed E-state index contributed by atoms with van der Waals surface area (Å²) in [7, 11) is 0. The first-order valence-electron chi connectivity index (χ1n) is 9.88. The maximum Gasteiger partial charge on any atom is 0.234 e. The first-order chi connectivity index (χ1) is 15.2. The van der Waals surface area contributed by atoms with E-state index in [9.17, 15) is 0 Å². The molecule has 160 valence electrons. The molecule has 0 saturated carbocycles. The van der Waals surface area contributed by atoms with Gasteiger partial charge in [-0.2, -0.15) is 4.98 Å². The van der Waals surface area contributed by atoms with Gasteiger partial charge in [0.15, 0.2) is 16.9 Å². The van der Waals surface area contributed by atoms with E-state index in [-0.39, 0.29) is 6.10 Å². The molecule has 4 aromatic rings. The lowest BCUT2D eigenvalue weighted by Crippen LogP contribution is -2.13. The second-order valence-corrected chi connectivity index (χ2v) is 7.78. The van der Waals surface area contributed by atoms with Gasteiger partial charge in [-0.1, -0.05) is 11.3 Å². The predicted molar refractivity (Wildman–Crippen MR) is 121 cm³/mol. The minimum absolute atomic E-state index is 0.143. The molecule has 1 unspecified atom stereocenters. The van der Waals surface area contributed by atoms with Gasteiger partial charge in [0.05, 0.1) is 60.1 Å². The number of fused-ring (bicyclic) bond motifs is 1. The van der Waals surface area contributed by atoms with Crippen molar-refractivity contribution in [1.82, 2.24) is 29.9 Å². The summed E-state index contributed by atoms with van der Waals surface area (Å²) in [5.74, 6) is 1.87. The Morgan fingerprint density at radius 3 is 2.87 bits per heavy atom. The van der Waals surface area contributed by atoms with Crippen molar-refractivity contribution < 1.29 is 13.9 Å². The van der Waals surface area contributed by atoms with Crippen LogP contribution in [0.1, 0.15) is 23.6 Å². The zero-order valence-electron chi connectivity index (χ0n) is 16.8. The Morgan fingerprint density at radius 2 is 2.10 bits per heavy atom. The molecule has 1 saturated heterocycles. The number of nitrogens with zero attached hydrogens (tertiary/aromatic N) is 6. The number of rotatable bonds is 7. The molecule has 31 heavy (non-hydrogen) atoms. The Kier molecular flexibility index (Phi) is 5.78. The Bertz CT molecular complexity index is 1200. The Labute approximate surface area is 191 Å². The van der Waals surface area contributed by atoms with E-state index in [1.807, 2.05) is 60.1 Å². The third-order valence-electron chi connectivity index (χ3n) is 4.95. The van der Waals surface area contributed by atoms with Crippen LogP contribution in [0.3, 0.4) is 0 Å². The number of hydrogen-bond acceptors (Lipinski definition) is 9. The highest BCUT2D eigenvalue weighted by Gasteiger charge is 2.19. The molecule has 0 aliphatic carbocycles. The lowest BCUT2D eigenvalue weighted by molar-refractivity contribution is 0.0301. The van der Waals surface area contributed by atoms with Crippen molar-refractivity contribution >= 4 is 40.0 Å². The largest absolute Gasteiger partial charge is 0.460 e. The molecule has 0 spiro atoms. The number of pyridine rings is 1. The molecule has 11 heteroatoms. The number of hydrogen-bond donors (Lipinski definition) is 1. The van der Waals surface area contributed by atoms with E-state index in [0.717, 1.165) is 30.2 Å². The quantitative estimate of drug-likeness (QED) is 0.283. The van der Waals surface area contributed by atoms with Crippen LogP contribution in [-0.4, -0.2) is 49.3 Å². The van der Waals surface area contributed by atoms with Gasteiger partial charge >= 0.3 is 0 Å². The lowest BCUT2D eigenvalue weighted by Gasteiger charge is -2.10. The lowest BCUT2D eigenvalue weighted by atomic mass is 10.2. The maximum absolute atomic E-state index is 5.88. The zero-order valence-corrected chi connectivity index (χ0v) is 18.9. The molecule has 0 amide bonds. The Hall–Kier alpha value is -2.64. The molecule has 1 atom stereocenters. The van der Waals surface area contributed by atoms with E-state index in [1.165, 1.54) is 0 Å². The predicted octanol–water partition coefficient (Wildman–Crippen LogP) is 3.30. The van der Waals surface area contributed by atoms with Crippen molar-refractivity contribution in [3.05, 3.63) is 47.5 Å². The first-order valence-corrected chi connectivity index (χ1v) is 11.0. The molecule has 5 rings (SSSR count). The van der Waals surface area contributed by atoms with Crippen LogP contribution >= 0.6 is 22.9 Å². The Morgan fingerprint density at radius 1 is 1.19 bits per heavy atom. The van der Waals surface area contributed by atoms with Gasteiger partial charge in [0.1, 0.15) is 11.5 Å². The van der Waals surface area contributed by atoms with Crippen LogP contribution in [0, 0.1) is 6.92 Å². The normalized spacial score (nSPS) is 16.3. The van der Waals surface area contributed by atoms with Crippen molar-refractivity contribution in [2.45, 2.75) is 32.6 Å². The van der Waals surface area contributed by atoms with Gasteiger partial charge < -0.3 is 13.9 Å². The summed E-state index contributed by atoms with van der Waals surface area (Å²) in [6, 6.07) is 9.63. The SMILES string of the molecule is Cc1ccc(-c2nc(NI)nc3c2nnn3Cc2cccc(COC3CCOC3)n2)o1. The second-order valence-electron chi connectivity index (χ2n) is 7.24. The maximum atomic E-state index is 5.88. The van der Waals surface area contributed by atoms with Crippen LogP contribution < -0.4 is 3.53 Å². The number of ether oxygens (including phenoxy) is 2. The topological polar surface area (TPSA) is 113 Å². The highest BCUT2D eigenvalue weighted by molar-refractivity contribution is 14.1. The average Bonchev–Trinajstić information content (AvgIpc) is 3.54. The summed E-state index contributed by atoms with van der Waals surface area (Å²) in [6.07, 6.45) is 1.07. The van der Waals surface area contributed by atoms with Crippen molar-refractivity contribution in [3.8, 4) is 11.5 Å². The average molecular weight is 533 g/mol. The monoisotopic (exact) mass is 533 g/mol. The molecular weight excluding hydrogens is 513 g/mol. The van der Waals surface area contributed by atoms with Crippen molar-refractivity contribution in [2.24, 2.45) is 0 Å². The molecule has 1 fully saturated rings. The van der Waals surface area contributed by atoms with E-state index >= 15 is 0 Å². The van der Waals surface area contributed by atoms with E-state index < -0.39 is 0 Å². The fourth-order valence-electron chi connectivity index (χ4n) is 3.44. The number of nitrogens with one attached hydrogen (secondary N) is 1. The van der Waals surface area contributed by atoms with Gasteiger partial charge in [0.25, 0.3) is 0 Å². The number of anilines is 1. The van der Waals surface area contributed by atoms with Gasteiger partial charge in [-0.3, -0.25) is 8.51 Å². The number of aryl methyl sites for hydroxylation is 1. The summed E-state index contributed by atoms with van der Waals surface area (Å²) >= 11 is 2.00. The minimum atomic E-state index is 0.143. The molecule has 1 N–H and O–H groups in total. The van der Waals surface area contributed by atoms with Crippen LogP contribution in [0.4, 0.5) is 5.95 Å². The Balaban J connectivity index is 1.42. The summed E-state index contributed by atoms with van der Waals surface area (Å²) < 4.78 is 21.7. The van der Waals surface area contributed by atoms with Gasteiger partial charge in [-0.05, 0) is 37.6 Å². The van der Waals surface area contributed by atoms with Crippen LogP contribution in [0.15, 0.2) is 34.7 Å². The van der Waals surface area contributed by atoms with Gasteiger partial charge in [0.2, 0.25) is 5.95 Å². The van der Waals surface area contributed by atoms with E-state index in [1.54, 1.807) is 4.68 Å². The number of halogens is 1. The molecule has 5 heterocycles. The fraction of sp³-hybridized carbons (Fsp3) is 0.350. The van der Waals surface area contributed by atoms with Gasteiger partial charge in [-0.15, -0.1) is 5.10 Å². The molecule has 1 aliphatic heterocycles. The zero-order chi connectivity index (χ0) is 21.2. The van der Waals surface area contributed by atoms with Crippen molar-refractivity contribution in [3.63, 3.8) is 0 Å². The van der Waals surface area contributed by atoms with Crippen molar-refractivity contribution in [1.29, 1.82) is 0 Å². The first kappa shape index (κ1) is 20.3. The molecule has 4 aromatic heterocycles. The highest BCUT2D eigenvalue weighted by Crippen LogP contribution is 2.27. The third kappa shape index (κ3) is 4.38. The van der Waals surface area contributed by atoms with Crippen LogP contribution in [-0.2, 0) is 22.6 Å². The van der Waals surface area contributed by atoms with Crippen LogP contribution in [0.2, 0.25) is 0 Å². The molecule has 0 radical (unpaired) electrons. The molecular formula is C20H20IN7O3. The number of aromatic nitrogens is 6. The van der Waals surface area contributed by atoms with Crippen LogP contribution in [0.5, 0.6) is 0 Å². The fourth-order valence-corrected chi connectivity index (χ4v) is 3.68. The highest BCUT2D eigenvalue weighted by atomic mass is 127. The molecule has 1 aliphatic rings. The standard InChI is InChI=1S/C20H20IN7O3/c1-12-5-6-16(31-12)17-18-19(24-20(23-17)25-21)28(27-26-18)9-13-3-2-4-14(22-13)10-30-15-7-8-29-11-15/h2-6,15H,7-11H2,1H3,(H,23,24,25). The molecule has 10 nitrogen and oxygen atoms in total. The van der Waals surface area contributed by atoms with Gasteiger partial charge in [-0.25, -0.2) is 9.67 Å². The third-order valence-corrected chi connectivity index (χ3v) is 5.43. The van der Waals surface area contributed by atoms with E-state index in [2.05, 4.69) is 23.8 Å². The minimum Gasteiger partial charge on any atom is -0.460 e. The van der Waals surface area contributed by atoms with Gasteiger partial charge in [0, 0.05) is 6.61 Å². The summed E-state index contributed by atoms with van der Waals surface area (Å²) in [5, 5.41) is 8.62. The van der Waals surface area contributed by atoms with E-state index in [4.69, 9.17) is 18.9 Å². The summed E-state index contributed by atoms with van der Waals surface area (Å²) in [4.78, 5) is 13.8. The second kappa shape index (κ2) is 8.85. The molecule has 0 bridgehead atoms.